The van der Waals surface area contributed by atoms with Crippen molar-refractivity contribution in [2.75, 3.05) is 22.6 Å². The molecule has 2 aromatic heterocycles. The summed E-state index contributed by atoms with van der Waals surface area (Å²) in [6.45, 7) is 1.99. The van der Waals surface area contributed by atoms with Crippen molar-refractivity contribution in [2.24, 2.45) is 12.2 Å². The molecule has 0 unspecified atom stereocenters. The smallest absolute Gasteiger partial charge is 0.238 e. The lowest BCUT2D eigenvalue weighted by Crippen LogP contribution is -2.14. The summed E-state index contributed by atoms with van der Waals surface area (Å²) in [7, 11) is -0.0895. The van der Waals surface area contributed by atoms with Crippen molar-refractivity contribution < 1.29 is 12.8 Å². The molecule has 208 valence electrons. The lowest BCUT2D eigenvalue weighted by Gasteiger charge is -2.19. The number of nitrogens with zero attached hydrogens (tertiary/aromatic N) is 5. The van der Waals surface area contributed by atoms with Crippen molar-refractivity contribution in [2.45, 2.75) is 18.4 Å². The van der Waals surface area contributed by atoms with Gasteiger partial charge in [-0.3, -0.25) is 0 Å². The average molecular weight is 583 g/mol. The number of nitrogens with one attached hydrogen (secondary N) is 2. The van der Waals surface area contributed by atoms with Crippen molar-refractivity contribution >= 4 is 62.6 Å². The van der Waals surface area contributed by atoms with E-state index in [0.717, 1.165) is 16.7 Å². The number of hydrogen-bond donors (Lipinski definition) is 3. The Morgan fingerprint density at radius 2 is 1.82 bits per heavy atom. The van der Waals surface area contributed by atoms with Gasteiger partial charge in [-0.05, 0) is 55.0 Å². The number of rotatable bonds is 8. The van der Waals surface area contributed by atoms with Crippen LogP contribution < -0.4 is 20.7 Å². The van der Waals surface area contributed by atoms with Crippen LogP contribution in [0.4, 0.5) is 33.5 Å². The van der Waals surface area contributed by atoms with Crippen molar-refractivity contribution in [3.05, 3.63) is 89.9 Å². The standard InChI is InChI=1S/C27H27FN8O2S.ClH/c1-17-8-9-19(14-24(17)39(29,37)38)32-26-30-13-12-25(34-26)35(2)20-10-11-23-22(15-20)33-27(36(23)3)31-16-18-6-4-5-7-21(18)28;/h4-15H,16H2,1-3H3,(H,31,33)(H2,29,37,38)(H,30,32,34);1H. The van der Waals surface area contributed by atoms with Gasteiger partial charge in [-0.2, -0.15) is 4.98 Å². The molecule has 3 aromatic carbocycles. The minimum atomic E-state index is -3.86. The van der Waals surface area contributed by atoms with E-state index in [-0.39, 0.29) is 23.1 Å². The maximum Gasteiger partial charge on any atom is 0.238 e. The van der Waals surface area contributed by atoms with Crippen LogP contribution >= 0.6 is 12.4 Å². The Morgan fingerprint density at radius 1 is 1.05 bits per heavy atom. The predicted molar refractivity (Wildman–Crippen MR) is 158 cm³/mol. The molecule has 0 aliphatic heterocycles. The van der Waals surface area contributed by atoms with Crippen molar-refractivity contribution in [3.8, 4) is 0 Å². The summed E-state index contributed by atoms with van der Waals surface area (Å²) >= 11 is 0. The molecule has 0 saturated carbocycles. The first kappa shape index (κ1) is 28.7. The average Bonchev–Trinajstić information content (AvgIpc) is 3.23. The zero-order valence-corrected chi connectivity index (χ0v) is 23.6. The summed E-state index contributed by atoms with van der Waals surface area (Å²) in [5, 5.41) is 11.6. The minimum Gasteiger partial charge on any atom is -0.351 e. The van der Waals surface area contributed by atoms with Gasteiger partial charge in [0.15, 0.2) is 0 Å². The van der Waals surface area contributed by atoms with Gasteiger partial charge in [0.2, 0.25) is 21.9 Å². The summed E-state index contributed by atoms with van der Waals surface area (Å²) in [6, 6.07) is 19.1. The van der Waals surface area contributed by atoms with Crippen LogP contribution in [0.1, 0.15) is 11.1 Å². The summed E-state index contributed by atoms with van der Waals surface area (Å²) in [5.74, 6) is 1.26. The molecule has 0 atom stereocenters. The molecular formula is C27H28ClFN8O2S. The normalized spacial score (nSPS) is 11.2. The van der Waals surface area contributed by atoms with Gasteiger partial charge >= 0.3 is 0 Å². The quantitative estimate of drug-likeness (QED) is 0.233. The molecule has 0 amide bonds. The highest BCUT2D eigenvalue weighted by Gasteiger charge is 2.15. The second kappa shape index (κ2) is 11.5. The van der Waals surface area contributed by atoms with E-state index in [0.29, 0.717) is 41.1 Å². The Balaban J connectivity index is 0.00000370. The lowest BCUT2D eigenvalue weighted by molar-refractivity contribution is 0.597. The van der Waals surface area contributed by atoms with Crippen molar-refractivity contribution in [1.29, 1.82) is 0 Å². The fraction of sp³-hybridized carbons (Fsp3) is 0.148. The van der Waals surface area contributed by atoms with Gasteiger partial charge in [0, 0.05) is 43.8 Å². The first-order valence-corrected chi connectivity index (χ1v) is 13.6. The predicted octanol–water partition coefficient (Wildman–Crippen LogP) is 5.00. The number of benzene rings is 3. The number of aryl methyl sites for hydroxylation is 2. The molecule has 0 saturated heterocycles. The van der Waals surface area contributed by atoms with Gasteiger partial charge in [0.05, 0.1) is 15.9 Å². The number of hydrogen-bond acceptors (Lipinski definition) is 8. The molecule has 10 nitrogen and oxygen atoms in total. The second-order valence-corrected chi connectivity index (χ2v) is 10.6. The van der Waals surface area contributed by atoms with E-state index < -0.39 is 10.0 Å². The molecule has 0 aliphatic carbocycles. The topological polar surface area (TPSA) is 131 Å². The summed E-state index contributed by atoms with van der Waals surface area (Å²) < 4.78 is 39.7. The van der Waals surface area contributed by atoms with Gasteiger partial charge in [0.25, 0.3) is 0 Å². The van der Waals surface area contributed by atoms with E-state index in [1.54, 1.807) is 49.5 Å². The Kier molecular flexibility index (Phi) is 8.24. The second-order valence-electron chi connectivity index (χ2n) is 9.06. The minimum absolute atomic E-state index is 0. The molecule has 0 radical (unpaired) electrons. The molecule has 2 heterocycles. The maximum atomic E-state index is 14.0. The summed E-state index contributed by atoms with van der Waals surface area (Å²) in [4.78, 5) is 15.5. The zero-order chi connectivity index (χ0) is 27.7. The number of anilines is 5. The molecule has 5 rings (SSSR count). The monoisotopic (exact) mass is 582 g/mol. The molecule has 0 bridgehead atoms. The van der Waals surface area contributed by atoms with E-state index in [4.69, 9.17) is 10.1 Å². The Bertz CT molecular complexity index is 1800. The summed E-state index contributed by atoms with van der Waals surface area (Å²) in [5.41, 5.74) is 4.13. The first-order valence-electron chi connectivity index (χ1n) is 12.0. The number of fused-ring (bicyclic) bond motifs is 1. The van der Waals surface area contributed by atoms with Gasteiger partial charge in [-0.25, -0.2) is 27.9 Å². The third-order valence-electron chi connectivity index (χ3n) is 6.38. The SMILES string of the molecule is Cc1ccc(Nc2nccc(N(C)c3ccc4c(c3)nc(NCc3ccccc3F)n4C)n2)cc1S(N)(=O)=O.Cl. The Morgan fingerprint density at radius 3 is 2.58 bits per heavy atom. The third kappa shape index (κ3) is 5.98. The van der Waals surface area contributed by atoms with Crippen LogP contribution in [0.15, 0.2) is 77.8 Å². The van der Waals surface area contributed by atoms with Gasteiger partial charge in [-0.1, -0.05) is 24.3 Å². The Labute approximate surface area is 237 Å². The number of halogens is 2. The van der Waals surface area contributed by atoms with E-state index in [2.05, 4.69) is 20.6 Å². The van der Waals surface area contributed by atoms with Crippen LogP contribution in [-0.2, 0) is 23.6 Å². The molecule has 5 aromatic rings. The molecule has 0 spiro atoms. The molecule has 0 aliphatic rings. The van der Waals surface area contributed by atoms with Crippen molar-refractivity contribution in [1.82, 2.24) is 19.5 Å². The highest BCUT2D eigenvalue weighted by Crippen LogP contribution is 2.28. The lowest BCUT2D eigenvalue weighted by atomic mass is 10.2. The van der Waals surface area contributed by atoms with Crippen LogP contribution in [0.2, 0.25) is 0 Å². The fourth-order valence-corrected chi connectivity index (χ4v) is 5.02. The number of nitrogens with two attached hydrogens (primary N) is 1. The first-order chi connectivity index (χ1) is 18.6. The number of sulfonamides is 1. The van der Waals surface area contributed by atoms with E-state index in [1.165, 1.54) is 12.1 Å². The van der Waals surface area contributed by atoms with Crippen molar-refractivity contribution in [3.63, 3.8) is 0 Å². The molecule has 40 heavy (non-hydrogen) atoms. The third-order valence-corrected chi connectivity index (χ3v) is 7.43. The van der Waals surface area contributed by atoms with Crippen LogP contribution in [0.5, 0.6) is 0 Å². The highest BCUT2D eigenvalue weighted by atomic mass is 35.5. The largest absolute Gasteiger partial charge is 0.351 e. The van der Waals surface area contributed by atoms with E-state index in [1.807, 2.05) is 41.8 Å². The van der Waals surface area contributed by atoms with Crippen LogP contribution in [0.25, 0.3) is 11.0 Å². The zero-order valence-electron chi connectivity index (χ0n) is 22.0. The molecular weight excluding hydrogens is 555 g/mol. The van der Waals surface area contributed by atoms with Crippen LogP contribution in [0.3, 0.4) is 0 Å². The molecule has 4 N–H and O–H groups in total. The Hall–Kier alpha value is -4.26. The fourth-order valence-electron chi connectivity index (χ4n) is 4.21. The molecule has 13 heteroatoms. The van der Waals surface area contributed by atoms with Crippen LogP contribution in [0, 0.1) is 12.7 Å². The summed E-state index contributed by atoms with van der Waals surface area (Å²) in [6.07, 6.45) is 1.61. The maximum absolute atomic E-state index is 14.0. The van der Waals surface area contributed by atoms with Crippen LogP contribution in [-0.4, -0.2) is 35.0 Å². The number of aromatic nitrogens is 4. The van der Waals surface area contributed by atoms with E-state index in [9.17, 15) is 12.8 Å². The van der Waals surface area contributed by atoms with E-state index >= 15 is 0 Å². The van der Waals surface area contributed by atoms with Gasteiger partial charge < -0.3 is 20.1 Å². The van der Waals surface area contributed by atoms with Gasteiger partial charge in [-0.15, -0.1) is 12.4 Å². The number of primary sulfonamides is 1. The van der Waals surface area contributed by atoms with Gasteiger partial charge in [0.1, 0.15) is 11.6 Å². The highest BCUT2D eigenvalue weighted by molar-refractivity contribution is 7.89. The number of imidazole rings is 1. The molecule has 0 fully saturated rings.